The summed E-state index contributed by atoms with van der Waals surface area (Å²) in [6.07, 6.45) is 0. The fourth-order valence-electron chi connectivity index (χ4n) is 2.91. The summed E-state index contributed by atoms with van der Waals surface area (Å²) in [5.41, 5.74) is 1.52. The van der Waals surface area contributed by atoms with Crippen LogP contribution in [0.5, 0.6) is 0 Å². The summed E-state index contributed by atoms with van der Waals surface area (Å²) in [5.74, 6) is 0.0451. The molecule has 1 aliphatic heterocycles. The van der Waals surface area contributed by atoms with Gasteiger partial charge in [-0.25, -0.2) is 4.98 Å². The van der Waals surface area contributed by atoms with Crippen molar-refractivity contribution in [3.05, 3.63) is 58.1 Å². The van der Waals surface area contributed by atoms with Crippen LogP contribution in [0.15, 0.2) is 42.5 Å². The highest BCUT2D eigenvalue weighted by Gasteiger charge is 2.24. The van der Waals surface area contributed by atoms with E-state index in [1.807, 2.05) is 23.1 Å². The van der Waals surface area contributed by atoms with E-state index in [1.165, 1.54) is 0 Å². The van der Waals surface area contributed by atoms with Crippen molar-refractivity contribution in [1.82, 2.24) is 9.88 Å². The van der Waals surface area contributed by atoms with E-state index in [-0.39, 0.29) is 5.91 Å². The van der Waals surface area contributed by atoms with Crippen LogP contribution in [0, 0.1) is 0 Å². The van der Waals surface area contributed by atoms with Gasteiger partial charge in [-0.05, 0) is 36.4 Å². The molecule has 25 heavy (non-hydrogen) atoms. The molecule has 0 N–H and O–H groups in total. The number of carbonyl (C=O) groups is 1. The summed E-state index contributed by atoms with van der Waals surface area (Å²) < 4.78 is 1.09. The third-order valence-electron chi connectivity index (χ3n) is 4.29. The minimum Gasteiger partial charge on any atom is -0.345 e. The molecular weight excluding hydrogens is 377 g/mol. The van der Waals surface area contributed by atoms with Crippen molar-refractivity contribution in [2.24, 2.45) is 0 Å². The number of hydrogen-bond donors (Lipinski definition) is 0. The van der Waals surface area contributed by atoms with E-state index in [2.05, 4.69) is 9.88 Å². The Morgan fingerprint density at radius 3 is 2.40 bits per heavy atom. The number of rotatable bonds is 2. The van der Waals surface area contributed by atoms with Gasteiger partial charge in [0, 0.05) is 36.8 Å². The molecular formula is C18H15Cl2N3OS. The number of hydrogen-bond acceptors (Lipinski definition) is 4. The molecule has 4 rings (SSSR count). The molecule has 0 radical (unpaired) electrons. The number of amides is 1. The van der Waals surface area contributed by atoms with Crippen molar-refractivity contribution in [3.63, 3.8) is 0 Å². The van der Waals surface area contributed by atoms with Crippen molar-refractivity contribution in [1.29, 1.82) is 0 Å². The molecule has 2 heterocycles. The maximum absolute atomic E-state index is 12.6. The fraction of sp³-hybridized carbons (Fsp3) is 0.222. The van der Waals surface area contributed by atoms with Gasteiger partial charge in [0.05, 0.1) is 9.72 Å². The maximum Gasteiger partial charge on any atom is 0.253 e. The second-order valence-corrected chi connectivity index (χ2v) is 7.72. The van der Waals surface area contributed by atoms with Crippen molar-refractivity contribution < 1.29 is 4.79 Å². The maximum atomic E-state index is 12.6. The van der Waals surface area contributed by atoms with E-state index in [4.69, 9.17) is 23.2 Å². The molecule has 1 aromatic heterocycles. The van der Waals surface area contributed by atoms with E-state index in [9.17, 15) is 4.79 Å². The summed E-state index contributed by atoms with van der Waals surface area (Å²) >= 11 is 13.7. The van der Waals surface area contributed by atoms with E-state index in [0.717, 1.165) is 28.4 Å². The van der Waals surface area contributed by atoms with E-state index in [1.54, 1.807) is 35.6 Å². The molecule has 2 aromatic carbocycles. The van der Waals surface area contributed by atoms with Crippen LogP contribution in [0.25, 0.3) is 10.2 Å². The van der Waals surface area contributed by atoms with Gasteiger partial charge in [0.25, 0.3) is 5.91 Å². The number of para-hydroxylation sites is 1. The average molecular weight is 392 g/mol. The first kappa shape index (κ1) is 16.6. The summed E-state index contributed by atoms with van der Waals surface area (Å²) in [6, 6.07) is 12.9. The lowest BCUT2D eigenvalue weighted by molar-refractivity contribution is 0.0747. The second-order valence-electron chi connectivity index (χ2n) is 5.87. The third kappa shape index (κ3) is 3.32. The predicted molar refractivity (Wildman–Crippen MR) is 104 cm³/mol. The smallest absolute Gasteiger partial charge is 0.253 e. The number of anilines is 1. The standard InChI is InChI=1S/C18H15Cl2N3OS/c19-13-6-4-12(5-7-13)17(24)22-8-10-23(11-9-22)18-21-16-14(20)2-1-3-15(16)25-18/h1-7H,8-11H2. The Labute approximate surface area is 159 Å². The quantitative estimate of drug-likeness (QED) is 0.641. The van der Waals surface area contributed by atoms with Crippen molar-refractivity contribution in [2.45, 2.75) is 0 Å². The highest BCUT2D eigenvalue weighted by molar-refractivity contribution is 7.22. The molecule has 1 saturated heterocycles. The van der Waals surface area contributed by atoms with Crippen LogP contribution < -0.4 is 4.90 Å². The molecule has 0 unspecified atom stereocenters. The lowest BCUT2D eigenvalue weighted by Crippen LogP contribution is -2.48. The van der Waals surface area contributed by atoms with Gasteiger partial charge < -0.3 is 9.80 Å². The Hall–Kier alpha value is -1.82. The van der Waals surface area contributed by atoms with Crippen LogP contribution in [-0.4, -0.2) is 42.0 Å². The molecule has 4 nitrogen and oxygen atoms in total. The topological polar surface area (TPSA) is 36.4 Å². The Morgan fingerprint density at radius 2 is 1.72 bits per heavy atom. The summed E-state index contributed by atoms with van der Waals surface area (Å²) in [6.45, 7) is 2.86. The monoisotopic (exact) mass is 391 g/mol. The average Bonchev–Trinajstić information content (AvgIpc) is 3.08. The van der Waals surface area contributed by atoms with Gasteiger partial charge in [0.15, 0.2) is 5.13 Å². The van der Waals surface area contributed by atoms with Crippen molar-refractivity contribution in [3.8, 4) is 0 Å². The molecule has 0 bridgehead atoms. The molecule has 1 amide bonds. The van der Waals surface area contributed by atoms with Crippen LogP contribution in [0.1, 0.15) is 10.4 Å². The van der Waals surface area contributed by atoms with Gasteiger partial charge in [0.2, 0.25) is 0 Å². The number of thiazole rings is 1. The number of aromatic nitrogens is 1. The first-order chi connectivity index (χ1) is 12.1. The molecule has 128 valence electrons. The van der Waals surface area contributed by atoms with Crippen molar-refractivity contribution in [2.75, 3.05) is 31.1 Å². The lowest BCUT2D eigenvalue weighted by Gasteiger charge is -2.34. The van der Waals surface area contributed by atoms with E-state index in [0.29, 0.717) is 28.7 Å². The largest absolute Gasteiger partial charge is 0.345 e. The number of piperazine rings is 1. The van der Waals surface area contributed by atoms with Gasteiger partial charge in [-0.3, -0.25) is 4.79 Å². The van der Waals surface area contributed by atoms with Gasteiger partial charge >= 0.3 is 0 Å². The zero-order valence-corrected chi connectivity index (χ0v) is 15.6. The third-order valence-corrected chi connectivity index (χ3v) is 5.93. The highest BCUT2D eigenvalue weighted by Crippen LogP contribution is 2.33. The second kappa shape index (κ2) is 6.83. The molecule has 0 spiro atoms. The first-order valence-electron chi connectivity index (χ1n) is 7.97. The predicted octanol–water partition coefficient (Wildman–Crippen LogP) is 4.57. The van der Waals surface area contributed by atoms with Crippen LogP contribution >= 0.6 is 34.5 Å². The van der Waals surface area contributed by atoms with Gasteiger partial charge in [-0.15, -0.1) is 0 Å². The molecule has 1 fully saturated rings. The fourth-order valence-corrected chi connectivity index (χ4v) is 4.36. The van der Waals surface area contributed by atoms with Gasteiger partial charge in [-0.1, -0.05) is 40.6 Å². The van der Waals surface area contributed by atoms with Gasteiger partial charge in [-0.2, -0.15) is 0 Å². The number of carbonyl (C=O) groups excluding carboxylic acids is 1. The zero-order valence-electron chi connectivity index (χ0n) is 13.3. The number of benzene rings is 2. The Kier molecular flexibility index (Phi) is 4.54. The van der Waals surface area contributed by atoms with Crippen LogP contribution in [0.3, 0.4) is 0 Å². The Bertz CT molecular complexity index is 918. The summed E-state index contributed by atoms with van der Waals surface area (Å²) in [5, 5.41) is 2.27. The molecule has 0 atom stereocenters. The minimum absolute atomic E-state index is 0.0451. The van der Waals surface area contributed by atoms with Crippen molar-refractivity contribution >= 4 is 55.8 Å². The lowest BCUT2D eigenvalue weighted by atomic mass is 10.2. The first-order valence-corrected chi connectivity index (χ1v) is 9.54. The molecule has 7 heteroatoms. The number of halogens is 2. The molecule has 0 saturated carbocycles. The molecule has 3 aromatic rings. The zero-order chi connectivity index (χ0) is 17.4. The molecule has 0 aliphatic carbocycles. The van der Waals surface area contributed by atoms with Crippen LogP contribution in [0.2, 0.25) is 10.0 Å². The normalized spacial score (nSPS) is 15.0. The summed E-state index contributed by atoms with van der Waals surface area (Å²) in [7, 11) is 0. The van der Waals surface area contributed by atoms with E-state index < -0.39 is 0 Å². The van der Waals surface area contributed by atoms with Crippen LogP contribution in [0.4, 0.5) is 5.13 Å². The number of nitrogens with zero attached hydrogens (tertiary/aromatic N) is 3. The summed E-state index contributed by atoms with van der Waals surface area (Å²) in [4.78, 5) is 21.3. The SMILES string of the molecule is O=C(c1ccc(Cl)cc1)N1CCN(c2nc3c(Cl)cccc3s2)CC1. The van der Waals surface area contributed by atoms with E-state index >= 15 is 0 Å². The van der Waals surface area contributed by atoms with Crippen LogP contribution in [-0.2, 0) is 0 Å². The molecule has 1 aliphatic rings. The Balaban J connectivity index is 1.46. The Morgan fingerprint density at radius 1 is 1.00 bits per heavy atom. The van der Waals surface area contributed by atoms with Gasteiger partial charge in [0.1, 0.15) is 5.52 Å². The highest BCUT2D eigenvalue weighted by atomic mass is 35.5. The number of fused-ring (bicyclic) bond motifs is 1. The minimum atomic E-state index is 0.0451.